The van der Waals surface area contributed by atoms with Gasteiger partial charge in [-0.1, -0.05) is 20.5 Å². The molecule has 0 rings (SSSR count). The highest BCUT2D eigenvalue weighted by Gasteiger charge is 1.69. The molecule has 2 heteroatoms. The maximum atomic E-state index is 8.06. The van der Waals surface area contributed by atoms with Gasteiger partial charge < -0.3 is 5.11 Å². The molecule has 8 heavy (non-hydrogen) atoms. The van der Waals surface area contributed by atoms with E-state index in [1.165, 1.54) is 0 Å². The Morgan fingerprint density at radius 1 is 1.12 bits per heavy atom. The first-order chi connectivity index (χ1) is 3.73. The van der Waals surface area contributed by atoms with Crippen LogP contribution in [0, 0.1) is 0 Å². The first kappa shape index (κ1) is 15.8. The van der Waals surface area contributed by atoms with Crippen molar-refractivity contribution < 1.29 is 5.11 Å². The molecule has 0 amide bonds. The van der Waals surface area contributed by atoms with E-state index >= 15 is 0 Å². The van der Waals surface area contributed by atoms with Crippen LogP contribution < -0.4 is 0 Å². The first-order valence-corrected chi connectivity index (χ1v) is 4.14. The van der Waals surface area contributed by atoms with E-state index in [1.807, 2.05) is 20.5 Å². The third-order valence-electron chi connectivity index (χ3n) is 0. The van der Waals surface area contributed by atoms with Crippen molar-refractivity contribution in [2.45, 2.75) is 33.8 Å². The minimum absolute atomic E-state index is 0.167. The summed E-state index contributed by atoms with van der Waals surface area (Å²) in [5.41, 5.74) is 0. The lowest BCUT2D eigenvalue weighted by atomic mass is 10.5. The van der Waals surface area contributed by atoms with Gasteiger partial charge in [0.15, 0.2) is 0 Å². The van der Waals surface area contributed by atoms with Gasteiger partial charge in [-0.15, -0.1) is 9.24 Å². The predicted octanol–water partition coefficient (Wildman–Crippen LogP) is 1.90. The van der Waals surface area contributed by atoms with Crippen molar-refractivity contribution in [1.82, 2.24) is 0 Å². The molecule has 1 unspecified atom stereocenters. The molecule has 0 aromatic carbocycles. The van der Waals surface area contributed by atoms with E-state index < -0.39 is 0 Å². The second kappa shape index (κ2) is 26.3. The van der Waals surface area contributed by atoms with E-state index in [-0.39, 0.29) is 6.10 Å². The van der Waals surface area contributed by atoms with Crippen molar-refractivity contribution in [3.8, 4) is 0 Å². The van der Waals surface area contributed by atoms with Crippen LogP contribution >= 0.6 is 9.24 Å². The number of hydrogen-bond acceptors (Lipinski definition) is 1. The molecule has 1 nitrogen and oxygen atoms in total. The molecule has 0 saturated carbocycles. The Bertz CT molecular complexity index is 13.2. The third kappa shape index (κ3) is 1220. The lowest BCUT2D eigenvalue weighted by Crippen LogP contribution is -1.85. The average Bonchev–Trinajstić information content (AvgIpc) is 1.75. The molecule has 0 aliphatic rings. The SMILES string of the molecule is CC.CC(C)O.CP. The van der Waals surface area contributed by atoms with Crippen LogP contribution in [0.1, 0.15) is 27.7 Å². The van der Waals surface area contributed by atoms with Crippen LogP contribution in [0.5, 0.6) is 0 Å². The maximum absolute atomic E-state index is 8.06. The van der Waals surface area contributed by atoms with Crippen LogP contribution in [-0.4, -0.2) is 17.9 Å². The lowest BCUT2D eigenvalue weighted by Gasteiger charge is -1.80. The van der Waals surface area contributed by atoms with E-state index in [0.717, 1.165) is 0 Å². The Hall–Kier alpha value is 0.390. The Balaban J connectivity index is -0.0000000542. The summed E-state index contributed by atoms with van der Waals surface area (Å²) in [4.78, 5) is 0. The molecule has 0 saturated heterocycles. The van der Waals surface area contributed by atoms with E-state index in [1.54, 1.807) is 13.8 Å². The zero-order chi connectivity index (χ0) is 7.58. The summed E-state index contributed by atoms with van der Waals surface area (Å²) in [6, 6.07) is 0. The highest BCUT2D eigenvalue weighted by Crippen LogP contribution is 1.65. The van der Waals surface area contributed by atoms with Gasteiger partial charge in [-0.3, -0.25) is 0 Å². The van der Waals surface area contributed by atoms with Gasteiger partial charge in [0.05, 0.1) is 0 Å². The Morgan fingerprint density at radius 3 is 1.12 bits per heavy atom. The van der Waals surface area contributed by atoms with Crippen LogP contribution in [0.15, 0.2) is 0 Å². The normalized spacial score (nSPS) is 6.00. The molecule has 0 radical (unpaired) electrons. The molecule has 0 spiro atoms. The van der Waals surface area contributed by atoms with Gasteiger partial charge in [0.25, 0.3) is 0 Å². The molecule has 0 aliphatic heterocycles. The summed E-state index contributed by atoms with van der Waals surface area (Å²) in [5, 5.41) is 8.06. The molecule has 1 N–H and O–H groups in total. The molecule has 0 heterocycles. The van der Waals surface area contributed by atoms with Crippen molar-refractivity contribution in [3.05, 3.63) is 0 Å². The van der Waals surface area contributed by atoms with Gasteiger partial charge in [-0.05, 0) is 13.8 Å². The molecular weight excluding hydrogens is 119 g/mol. The first-order valence-electron chi connectivity index (χ1n) is 2.99. The van der Waals surface area contributed by atoms with Gasteiger partial charge in [0.2, 0.25) is 0 Å². The van der Waals surface area contributed by atoms with Crippen molar-refractivity contribution >= 4 is 9.24 Å². The fourth-order valence-corrected chi connectivity index (χ4v) is 0. The largest absolute Gasteiger partial charge is 0.394 e. The fraction of sp³-hybridized carbons (Fsp3) is 1.00. The summed E-state index contributed by atoms with van der Waals surface area (Å²) in [6.07, 6.45) is -0.167. The predicted molar refractivity (Wildman–Crippen MR) is 44.3 cm³/mol. The van der Waals surface area contributed by atoms with E-state index in [4.69, 9.17) is 5.11 Å². The van der Waals surface area contributed by atoms with E-state index in [2.05, 4.69) is 9.24 Å². The zero-order valence-corrected chi connectivity index (χ0v) is 7.76. The summed E-state index contributed by atoms with van der Waals surface area (Å²) in [5.74, 6) is 0. The van der Waals surface area contributed by atoms with Gasteiger partial charge in [-0.25, -0.2) is 0 Å². The number of aliphatic hydroxyl groups is 1. The summed E-state index contributed by atoms with van der Waals surface area (Å²) < 4.78 is 0. The van der Waals surface area contributed by atoms with Crippen molar-refractivity contribution in [3.63, 3.8) is 0 Å². The fourth-order valence-electron chi connectivity index (χ4n) is 0. The minimum Gasteiger partial charge on any atom is -0.394 e. The molecule has 1 atom stereocenters. The van der Waals surface area contributed by atoms with Gasteiger partial charge in [0.1, 0.15) is 0 Å². The quantitative estimate of drug-likeness (QED) is 0.507. The topological polar surface area (TPSA) is 20.2 Å². The van der Waals surface area contributed by atoms with Gasteiger partial charge in [0, 0.05) is 6.10 Å². The number of hydrogen-bond donors (Lipinski definition) is 1. The Kier molecular flexibility index (Phi) is 51.8. The molecule has 0 aromatic heterocycles. The second-order valence-electron chi connectivity index (χ2n) is 1.09. The molecule has 0 aliphatic carbocycles. The highest BCUT2D eigenvalue weighted by molar-refractivity contribution is 7.15. The summed E-state index contributed by atoms with van der Waals surface area (Å²) >= 11 is 0. The van der Waals surface area contributed by atoms with Crippen molar-refractivity contribution in [2.75, 3.05) is 6.66 Å². The Labute approximate surface area is 55.7 Å². The third-order valence-corrected chi connectivity index (χ3v) is 0. The van der Waals surface area contributed by atoms with Crippen LogP contribution in [0.25, 0.3) is 0 Å². The van der Waals surface area contributed by atoms with E-state index in [0.29, 0.717) is 0 Å². The van der Waals surface area contributed by atoms with Gasteiger partial charge in [-0.2, -0.15) is 0 Å². The zero-order valence-electron chi connectivity index (χ0n) is 6.60. The van der Waals surface area contributed by atoms with Crippen LogP contribution in [0.4, 0.5) is 0 Å². The lowest BCUT2D eigenvalue weighted by molar-refractivity contribution is 0.216. The van der Waals surface area contributed by atoms with Crippen molar-refractivity contribution in [1.29, 1.82) is 0 Å². The van der Waals surface area contributed by atoms with Crippen LogP contribution in [-0.2, 0) is 0 Å². The molecule has 0 aromatic rings. The van der Waals surface area contributed by atoms with Crippen LogP contribution in [0.3, 0.4) is 0 Å². The average molecular weight is 138 g/mol. The van der Waals surface area contributed by atoms with Crippen molar-refractivity contribution in [2.24, 2.45) is 0 Å². The molecule has 0 fully saturated rings. The standard InChI is InChI=1S/C3H8O.C2H6.CH5P/c1-3(2)4;2*1-2/h3-4H,1-2H3;1-2H3;2H2,1H3. The molecule has 0 bridgehead atoms. The van der Waals surface area contributed by atoms with Crippen LogP contribution in [0.2, 0.25) is 0 Å². The minimum atomic E-state index is -0.167. The number of rotatable bonds is 0. The smallest absolute Gasteiger partial charge is 0.0483 e. The second-order valence-corrected chi connectivity index (χ2v) is 1.09. The van der Waals surface area contributed by atoms with Gasteiger partial charge >= 0.3 is 0 Å². The highest BCUT2D eigenvalue weighted by atomic mass is 31.0. The summed E-state index contributed by atoms with van der Waals surface area (Å²) in [7, 11) is 2.42. The Morgan fingerprint density at radius 2 is 1.12 bits per heavy atom. The monoisotopic (exact) mass is 138 g/mol. The summed E-state index contributed by atoms with van der Waals surface area (Å²) in [6.45, 7) is 9.36. The molecular formula is C6H19OP. The number of aliphatic hydroxyl groups excluding tert-OH is 1. The molecule has 54 valence electrons. The van der Waals surface area contributed by atoms with E-state index in [9.17, 15) is 0 Å². The maximum Gasteiger partial charge on any atom is 0.0483 e.